The van der Waals surface area contributed by atoms with Gasteiger partial charge < -0.3 is 20.3 Å². The summed E-state index contributed by atoms with van der Waals surface area (Å²) >= 11 is 0. The molecule has 2 aliphatic rings. The van der Waals surface area contributed by atoms with Crippen LogP contribution in [0.25, 0.3) is 0 Å². The summed E-state index contributed by atoms with van der Waals surface area (Å²) in [5.41, 5.74) is 1.20. The third-order valence-electron chi connectivity index (χ3n) is 5.11. The van der Waals surface area contributed by atoms with Crippen LogP contribution < -0.4 is 15.4 Å². The first-order valence-corrected chi connectivity index (χ1v) is 9.82. The Hall–Kier alpha value is -3.03. The molecule has 0 atom stereocenters. The van der Waals surface area contributed by atoms with Crippen molar-refractivity contribution in [1.29, 1.82) is 0 Å². The molecule has 2 aromatic rings. The van der Waals surface area contributed by atoms with Crippen LogP contribution in [0.3, 0.4) is 0 Å². The van der Waals surface area contributed by atoms with Gasteiger partial charge >= 0.3 is 0 Å². The molecule has 4 rings (SSSR count). The Kier molecular flexibility index (Phi) is 5.45. The minimum absolute atomic E-state index is 0.0139. The standard InChI is InChI=1S/C20H25N5O3/c26-18(24-10-2-1-3-11-24)14-28-16-7-5-15(6-8-16)20(27)23-17-13-22-25-12-4-9-21-19(17)25/h5-8,13,21H,1-4,9-12,14H2,(H,23,27). The highest BCUT2D eigenvalue weighted by Crippen LogP contribution is 2.25. The Morgan fingerprint density at radius 3 is 2.64 bits per heavy atom. The van der Waals surface area contributed by atoms with Crippen molar-refractivity contribution in [1.82, 2.24) is 14.7 Å². The lowest BCUT2D eigenvalue weighted by Gasteiger charge is -2.26. The van der Waals surface area contributed by atoms with E-state index in [2.05, 4.69) is 15.7 Å². The van der Waals surface area contributed by atoms with E-state index >= 15 is 0 Å². The number of carbonyl (C=O) groups excluding carboxylic acids is 2. The highest BCUT2D eigenvalue weighted by molar-refractivity contribution is 6.05. The van der Waals surface area contributed by atoms with Crippen molar-refractivity contribution in [2.45, 2.75) is 32.2 Å². The van der Waals surface area contributed by atoms with Gasteiger partial charge in [-0.1, -0.05) is 0 Å². The Morgan fingerprint density at radius 1 is 1.07 bits per heavy atom. The number of anilines is 2. The van der Waals surface area contributed by atoms with E-state index in [1.807, 2.05) is 9.58 Å². The molecule has 148 valence electrons. The molecule has 0 spiro atoms. The number of fused-ring (bicyclic) bond motifs is 1. The highest BCUT2D eigenvalue weighted by atomic mass is 16.5. The first kappa shape index (κ1) is 18.3. The van der Waals surface area contributed by atoms with Gasteiger partial charge in [0, 0.05) is 31.7 Å². The fourth-order valence-corrected chi connectivity index (χ4v) is 3.55. The van der Waals surface area contributed by atoms with E-state index in [0.29, 0.717) is 17.0 Å². The molecule has 1 fully saturated rings. The topological polar surface area (TPSA) is 88.5 Å². The normalized spacial score (nSPS) is 16.1. The van der Waals surface area contributed by atoms with Crippen molar-refractivity contribution >= 4 is 23.3 Å². The van der Waals surface area contributed by atoms with Crippen LogP contribution in [-0.4, -0.2) is 52.7 Å². The summed E-state index contributed by atoms with van der Waals surface area (Å²) in [7, 11) is 0. The van der Waals surface area contributed by atoms with Crippen LogP contribution in [0.5, 0.6) is 5.75 Å². The van der Waals surface area contributed by atoms with Crippen LogP contribution in [0.2, 0.25) is 0 Å². The van der Waals surface area contributed by atoms with Gasteiger partial charge in [-0.3, -0.25) is 9.59 Å². The molecule has 1 aromatic heterocycles. The van der Waals surface area contributed by atoms with Crippen LogP contribution in [-0.2, 0) is 11.3 Å². The quantitative estimate of drug-likeness (QED) is 0.827. The molecular formula is C20H25N5O3. The van der Waals surface area contributed by atoms with E-state index in [9.17, 15) is 9.59 Å². The van der Waals surface area contributed by atoms with Crippen molar-refractivity contribution in [3.8, 4) is 5.75 Å². The maximum atomic E-state index is 12.5. The number of nitrogens with one attached hydrogen (secondary N) is 2. The Bertz CT molecular complexity index is 840. The van der Waals surface area contributed by atoms with Crippen molar-refractivity contribution in [2.24, 2.45) is 0 Å². The van der Waals surface area contributed by atoms with Gasteiger partial charge in [-0.05, 0) is 49.9 Å². The number of benzene rings is 1. The van der Waals surface area contributed by atoms with Crippen LogP contribution in [0.15, 0.2) is 30.5 Å². The number of aryl methyl sites for hydroxylation is 1. The average Bonchev–Trinajstić information content (AvgIpc) is 3.16. The van der Waals surface area contributed by atoms with Gasteiger partial charge in [0.2, 0.25) is 0 Å². The number of piperidine rings is 1. The van der Waals surface area contributed by atoms with E-state index in [4.69, 9.17) is 4.74 Å². The number of hydrogen-bond acceptors (Lipinski definition) is 5. The summed E-state index contributed by atoms with van der Waals surface area (Å²) in [4.78, 5) is 26.5. The molecule has 0 bridgehead atoms. The molecule has 0 radical (unpaired) electrons. The highest BCUT2D eigenvalue weighted by Gasteiger charge is 2.18. The molecule has 1 aromatic carbocycles. The number of ether oxygens (including phenoxy) is 1. The molecule has 0 unspecified atom stereocenters. The number of likely N-dealkylation sites (tertiary alicyclic amines) is 1. The molecule has 0 aliphatic carbocycles. The third kappa shape index (κ3) is 4.11. The molecule has 2 N–H and O–H groups in total. The molecule has 3 heterocycles. The first-order chi connectivity index (χ1) is 13.7. The van der Waals surface area contributed by atoms with Gasteiger partial charge in [0.25, 0.3) is 11.8 Å². The SMILES string of the molecule is O=C(Nc1cnn2c1NCCC2)c1ccc(OCC(=O)N2CCCCC2)cc1. The lowest BCUT2D eigenvalue weighted by Crippen LogP contribution is -2.38. The summed E-state index contributed by atoms with van der Waals surface area (Å²) in [5, 5.41) is 10.4. The van der Waals surface area contributed by atoms with Crippen molar-refractivity contribution in [3.05, 3.63) is 36.0 Å². The Balaban J connectivity index is 1.32. The summed E-state index contributed by atoms with van der Waals surface area (Å²) in [6.07, 6.45) is 5.99. The zero-order chi connectivity index (χ0) is 19.3. The number of aromatic nitrogens is 2. The van der Waals surface area contributed by atoms with Crippen molar-refractivity contribution in [3.63, 3.8) is 0 Å². The third-order valence-corrected chi connectivity index (χ3v) is 5.11. The second-order valence-corrected chi connectivity index (χ2v) is 7.12. The minimum atomic E-state index is -0.209. The van der Waals surface area contributed by atoms with Gasteiger partial charge in [-0.2, -0.15) is 5.10 Å². The molecule has 2 amide bonds. The van der Waals surface area contributed by atoms with Crippen LogP contribution >= 0.6 is 0 Å². The van der Waals surface area contributed by atoms with Gasteiger partial charge in [-0.15, -0.1) is 0 Å². The van der Waals surface area contributed by atoms with Gasteiger partial charge in [0.15, 0.2) is 6.61 Å². The second kappa shape index (κ2) is 8.33. The molecule has 1 saturated heterocycles. The maximum absolute atomic E-state index is 12.5. The molecule has 0 saturated carbocycles. The van der Waals surface area contributed by atoms with Gasteiger partial charge in [0.05, 0.1) is 6.20 Å². The number of rotatable bonds is 5. The lowest BCUT2D eigenvalue weighted by molar-refractivity contribution is -0.134. The summed E-state index contributed by atoms with van der Waals surface area (Å²) in [6.45, 7) is 3.38. The number of carbonyl (C=O) groups is 2. The molecule has 8 heteroatoms. The Labute approximate surface area is 163 Å². The summed E-state index contributed by atoms with van der Waals surface area (Å²) in [6, 6.07) is 6.81. The van der Waals surface area contributed by atoms with Crippen LogP contribution in [0, 0.1) is 0 Å². The van der Waals surface area contributed by atoms with Crippen molar-refractivity contribution < 1.29 is 14.3 Å². The lowest BCUT2D eigenvalue weighted by atomic mass is 10.1. The summed E-state index contributed by atoms with van der Waals surface area (Å²) < 4.78 is 7.45. The van der Waals surface area contributed by atoms with Gasteiger partial charge in [0.1, 0.15) is 17.3 Å². The largest absolute Gasteiger partial charge is 0.484 e. The van der Waals surface area contributed by atoms with Gasteiger partial charge in [-0.25, -0.2) is 4.68 Å². The van der Waals surface area contributed by atoms with E-state index in [-0.39, 0.29) is 18.4 Å². The fourth-order valence-electron chi connectivity index (χ4n) is 3.55. The zero-order valence-electron chi connectivity index (χ0n) is 15.8. The minimum Gasteiger partial charge on any atom is -0.484 e. The molecule has 2 aliphatic heterocycles. The Morgan fingerprint density at radius 2 is 1.86 bits per heavy atom. The zero-order valence-corrected chi connectivity index (χ0v) is 15.8. The average molecular weight is 383 g/mol. The predicted octanol–water partition coefficient (Wildman–Crippen LogP) is 2.34. The summed E-state index contributed by atoms with van der Waals surface area (Å²) in [5.74, 6) is 1.22. The van der Waals surface area contributed by atoms with E-state index in [1.54, 1.807) is 30.5 Å². The molecule has 8 nitrogen and oxygen atoms in total. The fraction of sp³-hybridized carbons (Fsp3) is 0.450. The number of amides is 2. The molecular weight excluding hydrogens is 358 g/mol. The van der Waals surface area contributed by atoms with Crippen LogP contribution in [0.1, 0.15) is 36.0 Å². The predicted molar refractivity (Wildman–Crippen MR) is 106 cm³/mol. The van der Waals surface area contributed by atoms with Crippen LogP contribution in [0.4, 0.5) is 11.5 Å². The monoisotopic (exact) mass is 383 g/mol. The van der Waals surface area contributed by atoms with E-state index in [0.717, 1.165) is 51.3 Å². The number of hydrogen-bond donors (Lipinski definition) is 2. The number of nitrogens with zero attached hydrogens (tertiary/aromatic N) is 3. The second-order valence-electron chi connectivity index (χ2n) is 7.12. The van der Waals surface area contributed by atoms with Crippen molar-refractivity contribution in [2.75, 3.05) is 36.9 Å². The first-order valence-electron chi connectivity index (χ1n) is 9.82. The smallest absolute Gasteiger partial charge is 0.260 e. The van der Waals surface area contributed by atoms with E-state index < -0.39 is 0 Å². The van der Waals surface area contributed by atoms with E-state index in [1.165, 1.54) is 6.42 Å². The maximum Gasteiger partial charge on any atom is 0.260 e. The molecule has 28 heavy (non-hydrogen) atoms.